The van der Waals surface area contributed by atoms with E-state index in [2.05, 4.69) is 6.07 Å². The van der Waals surface area contributed by atoms with Gasteiger partial charge >= 0.3 is 0 Å². The number of nitrogens with zero attached hydrogens (tertiary/aromatic N) is 2. The third kappa shape index (κ3) is 3.59. The van der Waals surface area contributed by atoms with Gasteiger partial charge in [-0.05, 0) is 23.8 Å². The number of rotatable bonds is 4. The van der Waals surface area contributed by atoms with Crippen LogP contribution in [0, 0.1) is 17.1 Å². The van der Waals surface area contributed by atoms with Crippen LogP contribution in [0.3, 0.4) is 0 Å². The predicted octanol–water partition coefficient (Wildman–Crippen LogP) is 2.24. The topological polar surface area (TPSA) is 79.6 Å². The van der Waals surface area contributed by atoms with Gasteiger partial charge in [-0.1, -0.05) is 12.1 Å². The summed E-state index contributed by atoms with van der Waals surface area (Å²) in [7, 11) is 0. The van der Waals surface area contributed by atoms with Crippen molar-refractivity contribution in [3.63, 3.8) is 0 Å². The van der Waals surface area contributed by atoms with E-state index in [1.54, 1.807) is 12.1 Å². The zero-order chi connectivity index (χ0) is 19.7. The molecule has 0 aliphatic carbocycles. The van der Waals surface area contributed by atoms with Crippen molar-refractivity contribution >= 4 is 11.7 Å². The number of Topliss-reactive ketones (excluding diaryl/α,β-unsaturated/α-hetero) is 1. The summed E-state index contributed by atoms with van der Waals surface area (Å²) in [6.07, 6.45) is 0.0249. The van der Waals surface area contributed by atoms with Gasteiger partial charge in [0.25, 0.3) is 5.91 Å². The summed E-state index contributed by atoms with van der Waals surface area (Å²) in [5, 5.41) is 8.80. The second-order valence-electron chi connectivity index (χ2n) is 6.90. The summed E-state index contributed by atoms with van der Waals surface area (Å²) in [4.78, 5) is 25.6. The highest BCUT2D eigenvalue weighted by Gasteiger charge is 2.34. The first-order valence-corrected chi connectivity index (χ1v) is 8.90. The number of amides is 1. The van der Waals surface area contributed by atoms with Crippen LogP contribution in [-0.4, -0.2) is 42.4 Å². The molecule has 0 aromatic heterocycles. The minimum Gasteiger partial charge on any atom is -0.485 e. The Kier molecular flexibility index (Phi) is 4.80. The van der Waals surface area contributed by atoms with Crippen molar-refractivity contribution in [3.8, 4) is 11.8 Å². The standard InChI is InChI=1S/C21H17FN2O4/c22-19-7-20-15(5-16(25)12-28-20)6-18(19)21(26)24-9-17(10-24)27-11-14-3-1-13(8-23)2-4-14/h1-4,6-7,17H,5,9-12H2. The maximum Gasteiger partial charge on any atom is 0.257 e. The number of carbonyl (C=O) groups is 2. The molecule has 0 saturated carbocycles. The first kappa shape index (κ1) is 18.1. The van der Waals surface area contributed by atoms with Crippen LogP contribution >= 0.6 is 0 Å². The van der Waals surface area contributed by atoms with Gasteiger partial charge in [0.1, 0.15) is 18.2 Å². The fourth-order valence-electron chi connectivity index (χ4n) is 3.23. The van der Waals surface area contributed by atoms with Crippen LogP contribution in [-0.2, 0) is 22.6 Å². The number of halogens is 1. The normalized spacial score (nSPS) is 16.0. The van der Waals surface area contributed by atoms with Gasteiger partial charge in [0, 0.05) is 31.1 Å². The Morgan fingerprint density at radius 1 is 1.29 bits per heavy atom. The number of fused-ring (bicyclic) bond motifs is 1. The summed E-state index contributed by atoms with van der Waals surface area (Å²) < 4.78 is 25.3. The van der Waals surface area contributed by atoms with Crippen LogP contribution in [0.5, 0.6) is 5.75 Å². The number of carbonyl (C=O) groups excluding carboxylic acids is 2. The van der Waals surface area contributed by atoms with E-state index in [9.17, 15) is 14.0 Å². The number of hydrogen-bond donors (Lipinski definition) is 0. The molecule has 0 bridgehead atoms. The van der Waals surface area contributed by atoms with Crippen LogP contribution in [0.25, 0.3) is 0 Å². The monoisotopic (exact) mass is 380 g/mol. The zero-order valence-electron chi connectivity index (χ0n) is 15.0. The molecule has 4 rings (SSSR count). The highest BCUT2D eigenvalue weighted by atomic mass is 19.1. The van der Waals surface area contributed by atoms with Crippen LogP contribution < -0.4 is 4.74 Å². The van der Waals surface area contributed by atoms with Gasteiger partial charge in [0.2, 0.25) is 0 Å². The Morgan fingerprint density at radius 3 is 2.75 bits per heavy atom. The molecule has 0 atom stereocenters. The van der Waals surface area contributed by atoms with E-state index in [0.717, 1.165) is 5.56 Å². The number of ketones is 1. The van der Waals surface area contributed by atoms with E-state index >= 15 is 0 Å². The van der Waals surface area contributed by atoms with Crippen molar-refractivity contribution in [1.29, 1.82) is 5.26 Å². The molecule has 6 nitrogen and oxygen atoms in total. The number of ether oxygens (including phenoxy) is 2. The molecule has 1 saturated heterocycles. The van der Waals surface area contributed by atoms with Gasteiger partial charge in [0.05, 0.1) is 29.9 Å². The van der Waals surface area contributed by atoms with Crippen molar-refractivity contribution in [3.05, 3.63) is 64.5 Å². The molecule has 142 valence electrons. The quantitative estimate of drug-likeness (QED) is 0.813. The van der Waals surface area contributed by atoms with Crippen molar-refractivity contribution < 1.29 is 23.5 Å². The van der Waals surface area contributed by atoms with Gasteiger partial charge in [-0.3, -0.25) is 9.59 Å². The van der Waals surface area contributed by atoms with Crippen molar-refractivity contribution in [2.75, 3.05) is 19.7 Å². The van der Waals surface area contributed by atoms with E-state index in [4.69, 9.17) is 14.7 Å². The Morgan fingerprint density at radius 2 is 2.04 bits per heavy atom. The third-order valence-electron chi connectivity index (χ3n) is 4.86. The Labute approximate surface area is 161 Å². The largest absolute Gasteiger partial charge is 0.485 e. The molecule has 2 aliphatic heterocycles. The summed E-state index contributed by atoms with van der Waals surface area (Å²) in [5.41, 5.74) is 2.01. The van der Waals surface area contributed by atoms with Gasteiger partial charge in [-0.25, -0.2) is 4.39 Å². The number of nitriles is 1. The average Bonchev–Trinajstić information content (AvgIpc) is 2.66. The Bertz CT molecular complexity index is 975. The predicted molar refractivity (Wildman–Crippen MR) is 96.2 cm³/mol. The molecule has 28 heavy (non-hydrogen) atoms. The molecule has 0 N–H and O–H groups in total. The SMILES string of the molecule is N#Cc1ccc(COC2CN(C(=O)c3cc4c(cc3F)OCC(=O)C4)C2)cc1. The second-order valence-corrected chi connectivity index (χ2v) is 6.90. The number of benzene rings is 2. The second kappa shape index (κ2) is 7.41. The molecule has 1 amide bonds. The lowest BCUT2D eigenvalue weighted by atomic mass is 10.0. The zero-order valence-corrected chi connectivity index (χ0v) is 15.0. The number of hydrogen-bond acceptors (Lipinski definition) is 5. The van der Waals surface area contributed by atoms with Crippen molar-refractivity contribution in [1.82, 2.24) is 4.90 Å². The maximum atomic E-state index is 14.3. The van der Waals surface area contributed by atoms with E-state index < -0.39 is 11.7 Å². The van der Waals surface area contributed by atoms with Crippen LogP contribution in [0.1, 0.15) is 27.0 Å². The minimum absolute atomic E-state index is 0.0532. The molecule has 2 aliphatic rings. The first-order chi connectivity index (χ1) is 13.5. The molecule has 2 heterocycles. The smallest absolute Gasteiger partial charge is 0.257 e. The van der Waals surface area contributed by atoms with E-state index in [1.165, 1.54) is 17.0 Å². The average molecular weight is 380 g/mol. The lowest BCUT2D eigenvalue weighted by Gasteiger charge is -2.39. The molecule has 7 heteroatoms. The fourth-order valence-corrected chi connectivity index (χ4v) is 3.23. The minimum atomic E-state index is -0.653. The summed E-state index contributed by atoms with van der Waals surface area (Å²) in [5.74, 6) is -0.852. The first-order valence-electron chi connectivity index (χ1n) is 8.90. The highest BCUT2D eigenvalue weighted by molar-refractivity contribution is 5.96. The summed E-state index contributed by atoms with van der Waals surface area (Å²) in [6, 6.07) is 11.7. The van der Waals surface area contributed by atoms with Crippen LogP contribution in [0.15, 0.2) is 36.4 Å². The van der Waals surface area contributed by atoms with Crippen molar-refractivity contribution in [2.45, 2.75) is 19.1 Å². The number of likely N-dealkylation sites (tertiary alicyclic amines) is 1. The summed E-state index contributed by atoms with van der Waals surface area (Å²) in [6.45, 7) is 1.07. The molecule has 2 aromatic rings. The van der Waals surface area contributed by atoms with Crippen molar-refractivity contribution in [2.24, 2.45) is 0 Å². The lowest BCUT2D eigenvalue weighted by molar-refractivity contribution is -0.121. The Hall–Kier alpha value is -3.24. The molecule has 0 spiro atoms. The van der Waals surface area contributed by atoms with E-state index in [0.29, 0.717) is 36.6 Å². The van der Waals surface area contributed by atoms with Crippen LogP contribution in [0.4, 0.5) is 4.39 Å². The maximum absolute atomic E-state index is 14.3. The van der Waals surface area contributed by atoms with Gasteiger partial charge < -0.3 is 14.4 Å². The van der Waals surface area contributed by atoms with Gasteiger partial charge in [-0.2, -0.15) is 5.26 Å². The molecular weight excluding hydrogens is 363 g/mol. The third-order valence-corrected chi connectivity index (χ3v) is 4.86. The van der Waals surface area contributed by atoms with E-state index in [1.807, 2.05) is 12.1 Å². The fraction of sp³-hybridized carbons (Fsp3) is 0.286. The molecule has 0 radical (unpaired) electrons. The molecule has 1 fully saturated rings. The highest BCUT2D eigenvalue weighted by Crippen LogP contribution is 2.28. The summed E-state index contributed by atoms with van der Waals surface area (Å²) >= 11 is 0. The Balaban J connectivity index is 1.34. The van der Waals surface area contributed by atoms with Gasteiger partial charge in [0.15, 0.2) is 5.78 Å². The van der Waals surface area contributed by atoms with Gasteiger partial charge in [-0.15, -0.1) is 0 Å². The molecule has 0 unspecified atom stereocenters. The lowest BCUT2D eigenvalue weighted by Crippen LogP contribution is -2.54. The molecular formula is C21H17FN2O4. The van der Waals surface area contributed by atoms with Crippen LogP contribution in [0.2, 0.25) is 0 Å². The molecule has 2 aromatic carbocycles. The van der Waals surface area contributed by atoms with E-state index in [-0.39, 0.29) is 30.5 Å².